The Kier molecular flexibility index (Phi) is 7.09. The summed E-state index contributed by atoms with van der Waals surface area (Å²) in [6, 6.07) is 9.50. The summed E-state index contributed by atoms with van der Waals surface area (Å²) in [7, 11) is -4.23. The Balaban J connectivity index is 1.78. The Bertz CT molecular complexity index is 1310. The second-order valence-corrected chi connectivity index (χ2v) is 11.6. The summed E-state index contributed by atoms with van der Waals surface area (Å²) in [4.78, 5) is 40.1. The van der Waals surface area contributed by atoms with Crippen molar-refractivity contribution in [3.8, 4) is 0 Å². The minimum Gasteiger partial charge on any atom is -0.335 e. The minimum atomic E-state index is -4.23. The lowest BCUT2D eigenvalue weighted by atomic mass is 9.97. The first-order valence-corrected chi connectivity index (χ1v) is 13.4. The van der Waals surface area contributed by atoms with Crippen molar-refractivity contribution in [3.05, 3.63) is 68.7 Å². The van der Waals surface area contributed by atoms with Gasteiger partial charge >= 0.3 is 0 Å². The molecule has 2 aliphatic rings. The molecule has 0 aliphatic carbocycles. The summed E-state index contributed by atoms with van der Waals surface area (Å²) in [5.41, 5.74) is 0.797. The van der Waals surface area contributed by atoms with Crippen LogP contribution in [0.25, 0.3) is 0 Å². The van der Waals surface area contributed by atoms with E-state index in [4.69, 9.17) is 11.6 Å². The van der Waals surface area contributed by atoms with Gasteiger partial charge in [-0.25, -0.2) is 8.42 Å². The molecule has 0 radical (unpaired) electrons. The van der Waals surface area contributed by atoms with Crippen LogP contribution in [-0.4, -0.2) is 70.6 Å². The molecule has 0 saturated carbocycles. The summed E-state index contributed by atoms with van der Waals surface area (Å²) in [6.45, 7) is 5.16. The first kappa shape index (κ1) is 26.1. The second kappa shape index (κ2) is 9.79. The number of nitro benzene ring substituents is 1. The molecule has 2 saturated heterocycles. The Morgan fingerprint density at radius 2 is 1.81 bits per heavy atom. The van der Waals surface area contributed by atoms with E-state index in [0.29, 0.717) is 10.6 Å². The van der Waals surface area contributed by atoms with Crippen LogP contribution in [0, 0.1) is 17.0 Å². The quantitative estimate of drug-likeness (QED) is 0.415. The molecule has 192 valence electrons. The molecule has 2 unspecified atom stereocenters. The molecule has 2 heterocycles. The molecule has 0 aromatic heterocycles. The molecule has 2 atom stereocenters. The van der Waals surface area contributed by atoms with Gasteiger partial charge in [-0.15, -0.1) is 0 Å². The number of piperazine rings is 1. The van der Waals surface area contributed by atoms with Crippen LogP contribution in [0.3, 0.4) is 0 Å². The van der Waals surface area contributed by atoms with E-state index in [-0.39, 0.29) is 54.4 Å². The standard InChI is InChI=1S/C24H27ClN4O6S/c1-15(2)26-14-22-27(36(34,35)21-13-19(29(32)33)9-4-16(21)3)11-10-23(30)28(22)20(24(26)31)12-17-5-7-18(25)8-6-17/h4-9,13,15,20,22H,10-12,14H2,1-3H3. The first-order chi connectivity index (χ1) is 16.9. The van der Waals surface area contributed by atoms with Crippen molar-refractivity contribution in [2.24, 2.45) is 0 Å². The van der Waals surface area contributed by atoms with E-state index in [2.05, 4.69) is 0 Å². The number of benzene rings is 2. The molecule has 2 fully saturated rings. The molecule has 0 bridgehead atoms. The van der Waals surface area contributed by atoms with Crippen LogP contribution < -0.4 is 0 Å². The molecule has 36 heavy (non-hydrogen) atoms. The fourth-order valence-corrected chi connectivity index (χ4v) is 6.75. The van der Waals surface area contributed by atoms with E-state index in [9.17, 15) is 28.1 Å². The number of fused-ring (bicyclic) bond motifs is 1. The predicted octanol–water partition coefficient (Wildman–Crippen LogP) is 2.97. The molecule has 0 N–H and O–H groups in total. The lowest BCUT2D eigenvalue weighted by Gasteiger charge is -2.52. The monoisotopic (exact) mass is 534 g/mol. The number of carbonyl (C=O) groups excluding carboxylic acids is 2. The summed E-state index contributed by atoms with van der Waals surface area (Å²) in [5, 5.41) is 11.9. The number of hydrogen-bond donors (Lipinski definition) is 0. The van der Waals surface area contributed by atoms with Crippen LogP contribution in [0.15, 0.2) is 47.4 Å². The number of non-ortho nitro benzene ring substituents is 1. The molecule has 10 nitrogen and oxygen atoms in total. The van der Waals surface area contributed by atoms with Gasteiger partial charge < -0.3 is 9.80 Å². The van der Waals surface area contributed by atoms with Gasteiger partial charge in [0.1, 0.15) is 12.2 Å². The molecular formula is C24H27ClN4O6S. The number of nitrogens with zero attached hydrogens (tertiary/aromatic N) is 4. The highest BCUT2D eigenvalue weighted by Gasteiger charge is 2.51. The van der Waals surface area contributed by atoms with Gasteiger partial charge in [0.25, 0.3) is 5.69 Å². The summed E-state index contributed by atoms with van der Waals surface area (Å²) < 4.78 is 28.9. The van der Waals surface area contributed by atoms with Gasteiger partial charge in [-0.2, -0.15) is 4.31 Å². The Hall–Kier alpha value is -3.02. The maximum absolute atomic E-state index is 13.9. The number of aryl methyl sites for hydroxylation is 1. The average molecular weight is 535 g/mol. The number of hydrogen-bond acceptors (Lipinski definition) is 6. The van der Waals surface area contributed by atoms with Crippen LogP contribution >= 0.6 is 11.6 Å². The number of amides is 2. The maximum Gasteiger partial charge on any atom is 0.270 e. The lowest BCUT2D eigenvalue weighted by Crippen LogP contribution is -2.72. The van der Waals surface area contributed by atoms with Crippen molar-refractivity contribution in [3.63, 3.8) is 0 Å². The van der Waals surface area contributed by atoms with Crippen molar-refractivity contribution < 1.29 is 22.9 Å². The van der Waals surface area contributed by atoms with E-state index in [1.807, 2.05) is 13.8 Å². The zero-order valence-electron chi connectivity index (χ0n) is 20.1. The van der Waals surface area contributed by atoms with Crippen LogP contribution in [-0.2, 0) is 26.0 Å². The summed E-state index contributed by atoms with van der Waals surface area (Å²) >= 11 is 6.00. The fraction of sp³-hybridized carbons (Fsp3) is 0.417. The third-order valence-electron chi connectivity index (χ3n) is 6.69. The van der Waals surface area contributed by atoms with E-state index in [1.165, 1.54) is 21.3 Å². The number of halogens is 1. The Morgan fingerprint density at radius 3 is 2.42 bits per heavy atom. The van der Waals surface area contributed by atoms with Crippen LogP contribution in [0.4, 0.5) is 5.69 Å². The largest absolute Gasteiger partial charge is 0.335 e. The van der Waals surface area contributed by atoms with Gasteiger partial charge in [0.05, 0.1) is 16.4 Å². The van der Waals surface area contributed by atoms with Crippen molar-refractivity contribution in [2.75, 3.05) is 13.1 Å². The zero-order chi connectivity index (χ0) is 26.4. The topological polar surface area (TPSA) is 121 Å². The van der Waals surface area contributed by atoms with Crippen molar-refractivity contribution in [1.82, 2.24) is 14.1 Å². The molecular weight excluding hydrogens is 508 g/mol. The molecule has 0 spiro atoms. The zero-order valence-corrected chi connectivity index (χ0v) is 21.7. The molecule has 12 heteroatoms. The van der Waals surface area contributed by atoms with Gasteiger partial charge in [-0.3, -0.25) is 19.7 Å². The van der Waals surface area contributed by atoms with Crippen molar-refractivity contribution >= 4 is 39.1 Å². The molecule has 2 aromatic rings. The van der Waals surface area contributed by atoms with Gasteiger partial charge in [0, 0.05) is 42.6 Å². The maximum atomic E-state index is 13.9. The van der Waals surface area contributed by atoms with E-state index < -0.39 is 27.2 Å². The smallest absolute Gasteiger partial charge is 0.270 e. The number of carbonyl (C=O) groups is 2. The Labute approximate surface area is 214 Å². The normalized spacial score (nSPS) is 21.1. The Morgan fingerprint density at radius 1 is 1.14 bits per heavy atom. The van der Waals surface area contributed by atoms with Crippen molar-refractivity contribution in [1.29, 1.82) is 0 Å². The molecule has 2 amide bonds. The SMILES string of the molecule is Cc1ccc([N+](=O)[O-])cc1S(=O)(=O)N1CCC(=O)N2C(Cc3ccc(Cl)cc3)C(=O)N(C(C)C)CC21. The highest BCUT2D eigenvalue weighted by molar-refractivity contribution is 7.89. The third kappa shape index (κ3) is 4.70. The van der Waals surface area contributed by atoms with E-state index in [0.717, 1.165) is 11.6 Å². The van der Waals surface area contributed by atoms with Gasteiger partial charge in [-0.1, -0.05) is 29.8 Å². The van der Waals surface area contributed by atoms with Crippen LogP contribution in [0.2, 0.25) is 5.02 Å². The summed E-state index contributed by atoms with van der Waals surface area (Å²) in [6.07, 6.45) is -0.839. The molecule has 2 aliphatic heterocycles. The van der Waals surface area contributed by atoms with E-state index in [1.54, 1.807) is 36.1 Å². The molecule has 4 rings (SSSR count). The average Bonchev–Trinajstić information content (AvgIpc) is 2.81. The van der Waals surface area contributed by atoms with Crippen molar-refractivity contribution in [2.45, 2.75) is 56.8 Å². The van der Waals surface area contributed by atoms with Crippen LogP contribution in [0.5, 0.6) is 0 Å². The minimum absolute atomic E-state index is 0.00651. The lowest BCUT2D eigenvalue weighted by molar-refractivity contribution is -0.385. The second-order valence-electron chi connectivity index (χ2n) is 9.29. The first-order valence-electron chi connectivity index (χ1n) is 11.5. The fourth-order valence-electron chi connectivity index (χ4n) is 4.81. The number of rotatable bonds is 6. The van der Waals surface area contributed by atoms with Gasteiger partial charge in [0.15, 0.2) is 0 Å². The summed E-state index contributed by atoms with van der Waals surface area (Å²) in [5.74, 6) is -0.562. The van der Waals surface area contributed by atoms with E-state index >= 15 is 0 Å². The van der Waals surface area contributed by atoms with Crippen LogP contribution in [0.1, 0.15) is 31.4 Å². The third-order valence-corrected chi connectivity index (χ3v) is 8.98. The van der Waals surface area contributed by atoms with Gasteiger partial charge in [0.2, 0.25) is 21.8 Å². The number of nitro groups is 1. The highest BCUT2D eigenvalue weighted by atomic mass is 35.5. The molecule has 2 aromatic carbocycles. The predicted molar refractivity (Wildman–Crippen MR) is 133 cm³/mol. The number of sulfonamides is 1. The van der Waals surface area contributed by atoms with Gasteiger partial charge in [-0.05, 0) is 44.0 Å². The highest BCUT2D eigenvalue weighted by Crippen LogP contribution is 2.34.